The lowest BCUT2D eigenvalue weighted by Gasteiger charge is -2.28. The van der Waals surface area contributed by atoms with Crippen LogP contribution in [0.2, 0.25) is 0 Å². The van der Waals surface area contributed by atoms with E-state index in [2.05, 4.69) is 10.4 Å². The molecule has 0 spiro atoms. The number of carbonyl (C=O) groups excluding carboxylic acids is 1. The summed E-state index contributed by atoms with van der Waals surface area (Å²) in [5, 5.41) is 6.65. The fourth-order valence-corrected chi connectivity index (χ4v) is 2.35. The molecule has 1 aromatic carbocycles. The largest absolute Gasteiger partial charge is 0.373 e. The molecule has 116 valence electrons. The molecule has 6 nitrogen and oxygen atoms in total. The van der Waals surface area contributed by atoms with Crippen LogP contribution in [0.25, 0.3) is 5.69 Å². The normalized spacial score (nSPS) is 21.5. The summed E-state index contributed by atoms with van der Waals surface area (Å²) in [6, 6.07) is 6.24. The van der Waals surface area contributed by atoms with Gasteiger partial charge in [0.05, 0.1) is 25.0 Å². The molecule has 1 fully saturated rings. The van der Waals surface area contributed by atoms with Crippen LogP contribution < -0.4 is 5.32 Å². The number of hydrogen-bond donors (Lipinski definition) is 1. The Morgan fingerprint density at radius 1 is 1.36 bits per heavy atom. The second kappa shape index (κ2) is 6.25. The third-order valence-electron chi connectivity index (χ3n) is 3.44. The average Bonchev–Trinajstić information content (AvgIpc) is 3.04. The Kier molecular flexibility index (Phi) is 4.17. The standard InChI is InChI=1S/C15H16FN3O3/c1-10-14(22-9-8-21-10)15(20)18-13-11(16)4-2-5-12(13)19-7-3-6-17-19/h2-7,10,14H,8-9H2,1H3,(H,18,20)/t10-,14-/m0/s1. The molecule has 1 aliphatic heterocycles. The number of nitrogens with one attached hydrogen (secondary N) is 1. The highest BCUT2D eigenvalue weighted by Crippen LogP contribution is 2.24. The predicted octanol–water partition coefficient (Wildman–Crippen LogP) is 1.75. The van der Waals surface area contributed by atoms with Crippen LogP contribution in [-0.2, 0) is 14.3 Å². The van der Waals surface area contributed by atoms with Gasteiger partial charge < -0.3 is 14.8 Å². The quantitative estimate of drug-likeness (QED) is 0.938. The Bertz CT molecular complexity index is 660. The SMILES string of the molecule is C[C@@H]1OCCO[C@@H]1C(=O)Nc1c(F)cccc1-n1cccn1. The third kappa shape index (κ3) is 2.86. The molecule has 1 aliphatic rings. The smallest absolute Gasteiger partial charge is 0.256 e. The van der Waals surface area contributed by atoms with Gasteiger partial charge in [0.25, 0.3) is 5.91 Å². The Morgan fingerprint density at radius 2 is 2.18 bits per heavy atom. The lowest BCUT2D eigenvalue weighted by atomic mass is 10.1. The molecule has 1 aromatic heterocycles. The minimum Gasteiger partial charge on any atom is -0.373 e. The van der Waals surface area contributed by atoms with Crippen LogP contribution in [0.4, 0.5) is 10.1 Å². The minimum atomic E-state index is -0.765. The van der Waals surface area contributed by atoms with Crippen LogP contribution >= 0.6 is 0 Å². The highest BCUT2D eigenvalue weighted by Gasteiger charge is 2.30. The molecule has 7 heteroatoms. The van der Waals surface area contributed by atoms with E-state index in [-0.39, 0.29) is 11.8 Å². The maximum atomic E-state index is 14.1. The second-order valence-corrected chi connectivity index (χ2v) is 4.94. The summed E-state index contributed by atoms with van der Waals surface area (Å²) in [5.41, 5.74) is 0.514. The van der Waals surface area contributed by atoms with Gasteiger partial charge in [-0.15, -0.1) is 0 Å². The topological polar surface area (TPSA) is 65.4 Å². The van der Waals surface area contributed by atoms with Crippen molar-refractivity contribution in [1.82, 2.24) is 9.78 Å². The summed E-state index contributed by atoms with van der Waals surface area (Å²) in [6.45, 7) is 2.54. The van der Waals surface area contributed by atoms with Gasteiger partial charge in [0.15, 0.2) is 6.10 Å². The van der Waals surface area contributed by atoms with Gasteiger partial charge in [0.1, 0.15) is 11.5 Å². The predicted molar refractivity (Wildman–Crippen MR) is 77.3 cm³/mol. The highest BCUT2D eigenvalue weighted by atomic mass is 19.1. The molecule has 0 unspecified atom stereocenters. The van der Waals surface area contributed by atoms with Crippen LogP contribution in [0, 0.1) is 5.82 Å². The van der Waals surface area contributed by atoms with Gasteiger partial charge in [-0.1, -0.05) is 6.07 Å². The number of anilines is 1. The number of rotatable bonds is 3. The van der Waals surface area contributed by atoms with E-state index in [0.29, 0.717) is 18.9 Å². The molecule has 3 rings (SSSR count). The Morgan fingerprint density at radius 3 is 2.91 bits per heavy atom. The van der Waals surface area contributed by atoms with Gasteiger partial charge in [-0.2, -0.15) is 5.10 Å². The Hall–Kier alpha value is -2.25. The molecular formula is C15H16FN3O3. The summed E-state index contributed by atoms with van der Waals surface area (Å²) in [6.07, 6.45) is 2.11. The first-order valence-electron chi connectivity index (χ1n) is 6.99. The van der Waals surface area contributed by atoms with Crippen molar-refractivity contribution in [3.05, 3.63) is 42.5 Å². The lowest BCUT2D eigenvalue weighted by molar-refractivity contribution is -0.157. The molecule has 0 bridgehead atoms. The van der Waals surface area contributed by atoms with Crippen LogP contribution in [0.5, 0.6) is 0 Å². The van der Waals surface area contributed by atoms with Crippen molar-refractivity contribution in [2.75, 3.05) is 18.5 Å². The summed E-state index contributed by atoms with van der Waals surface area (Å²) < 4.78 is 26.4. The van der Waals surface area contributed by atoms with E-state index in [0.717, 1.165) is 0 Å². The number of benzene rings is 1. The highest BCUT2D eigenvalue weighted by molar-refractivity contribution is 5.96. The Balaban J connectivity index is 1.87. The first-order chi connectivity index (χ1) is 10.7. The molecule has 22 heavy (non-hydrogen) atoms. The molecule has 0 radical (unpaired) electrons. The third-order valence-corrected chi connectivity index (χ3v) is 3.44. The minimum absolute atomic E-state index is 0.0672. The van der Waals surface area contributed by atoms with E-state index in [1.807, 2.05) is 0 Å². The van der Waals surface area contributed by atoms with Crippen LogP contribution in [0.15, 0.2) is 36.7 Å². The maximum absolute atomic E-state index is 14.1. The summed E-state index contributed by atoms with van der Waals surface area (Å²) in [5.74, 6) is -0.976. The number of amides is 1. The van der Waals surface area contributed by atoms with Gasteiger partial charge >= 0.3 is 0 Å². The number of nitrogens with zero attached hydrogens (tertiary/aromatic N) is 2. The van der Waals surface area contributed by atoms with Crippen LogP contribution in [0.1, 0.15) is 6.92 Å². The summed E-state index contributed by atoms with van der Waals surface area (Å²) in [7, 11) is 0. The molecule has 2 heterocycles. The number of halogens is 1. The zero-order valence-corrected chi connectivity index (χ0v) is 12.0. The van der Waals surface area contributed by atoms with Crippen molar-refractivity contribution in [1.29, 1.82) is 0 Å². The van der Waals surface area contributed by atoms with Crippen LogP contribution in [-0.4, -0.2) is 41.1 Å². The van der Waals surface area contributed by atoms with Gasteiger partial charge in [-0.05, 0) is 25.1 Å². The van der Waals surface area contributed by atoms with Crippen LogP contribution in [0.3, 0.4) is 0 Å². The number of aromatic nitrogens is 2. The molecule has 1 amide bonds. The summed E-state index contributed by atoms with van der Waals surface area (Å²) >= 11 is 0. The van der Waals surface area contributed by atoms with Gasteiger partial charge in [-0.3, -0.25) is 4.79 Å². The van der Waals surface area contributed by atoms with Crippen molar-refractivity contribution < 1.29 is 18.7 Å². The number of ether oxygens (including phenoxy) is 2. The zero-order valence-electron chi connectivity index (χ0n) is 12.0. The van der Waals surface area contributed by atoms with Crippen molar-refractivity contribution >= 4 is 11.6 Å². The van der Waals surface area contributed by atoms with Gasteiger partial charge in [0, 0.05) is 12.4 Å². The van der Waals surface area contributed by atoms with E-state index in [4.69, 9.17) is 9.47 Å². The van der Waals surface area contributed by atoms with E-state index in [1.165, 1.54) is 10.7 Å². The van der Waals surface area contributed by atoms with Gasteiger partial charge in [0.2, 0.25) is 0 Å². The molecule has 1 saturated heterocycles. The van der Waals surface area contributed by atoms with E-state index >= 15 is 0 Å². The number of para-hydroxylation sites is 1. The molecule has 1 N–H and O–H groups in total. The molecule has 0 aliphatic carbocycles. The molecule has 2 atom stereocenters. The first kappa shape index (κ1) is 14.7. The van der Waals surface area contributed by atoms with E-state index in [9.17, 15) is 9.18 Å². The molecule has 0 saturated carbocycles. The number of hydrogen-bond acceptors (Lipinski definition) is 4. The van der Waals surface area contributed by atoms with Gasteiger partial charge in [-0.25, -0.2) is 9.07 Å². The molecule has 2 aromatic rings. The van der Waals surface area contributed by atoms with Crippen molar-refractivity contribution in [2.45, 2.75) is 19.1 Å². The zero-order chi connectivity index (χ0) is 15.5. The fraction of sp³-hybridized carbons (Fsp3) is 0.333. The van der Waals surface area contributed by atoms with E-state index in [1.54, 1.807) is 37.5 Å². The monoisotopic (exact) mass is 305 g/mol. The van der Waals surface area contributed by atoms with E-state index < -0.39 is 17.8 Å². The number of carbonyl (C=O) groups is 1. The average molecular weight is 305 g/mol. The van der Waals surface area contributed by atoms with Crippen molar-refractivity contribution in [2.24, 2.45) is 0 Å². The second-order valence-electron chi connectivity index (χ2n) is 4.94. The van der Waals surface area contributed by atoms with Crippen molar-refractivity contribution in [3.63, 3.8) is 0 Å². The lowest BCUT2D eigenvalue weighted by Crippen LogP contribution is -2.45. The fourth-order valence-electron chi connectivity index (χ4n) is 2.35. The Labute approximate surface area is 126 Å². The van der Waals surface area contributed by atoms with Crippen molar-refractivity contribution in [3.8, 4) is 5.69 Å². The summed E-state index contributed by atoms with van der Waals surface area (Å²) in [4.78, 5) is 12.3. The first-order valence-corrected chi connectivity index (χ1v) is 6.99. The maximum Gasteiger partial charge on any atom is 0.256 e. The molecular weight excluding hydrogens is 289 g/mol.